The molecule has 0 atom stereocenters. The van der Waals surface area contributed by atoms with Crippen LogP contribution in [0, 0.1) is 29.3 Å². The van der Waals surface area contributed by atoms with Crippen LogP contribution in [0.3, 0.4) is 0 Å². The third kappa shape index (κ3) is 9.89. The summed E-state index contributed by atoms with van der Waals surface area (Å²) in [6, 6.07) is 9.95. The lowest BCUT2D eigenvalue weighted by Gasteiger charge is -2.28. The topological polar surface area (TPSA) is 9.23 Å². The smallest absolute Gasteiger partial charge is 0.194 e. The molecule has 2 aromatic rings. The molecule has 0 N–H and O–H groups in total. The van der Waals surface area contributed by atoms with Crippen LogP contribution in [0.4, 0.5) is 13.2 Å². The van der Waals surface area contributed by atoms with Gasteiger partial charge in [0.25, 0.3) is 0 Å². The lowest BCUT2D eigenvalue weighted by atomic mass is 9.77. The summed E-state index contributed by atoms with van der Waals surface area (Å²) in [7, 11) is 0. The predicted molar refractivity (Wildman–Crippen MR) is 138 cm³/mol. The van der Waals surface area contributed by atoms with Crippen LogP contribution in [0.1, 0.15) is 108 Å². The maximum atomic E-state index is 13.3. The summed E-state index contributed by atoms with van der Waals surface area (Å²) >= 11 is 0. The molecule has 0 amide bonds. The fraction of sp³-hybridized carbons (Fsp3) is 0.613. The third-order valence-corrected chi connectivity index (χ3v) is 7.66. The Hall–Kier alpha value is -1.97. The van der Waals surface area contributed by atoms with Crippen molar-refractivity contribution in [3.05, 3.63) is 65.0 Å². The number of benzene rings is 2. The molecule has 0 saturated heterocycles. The molecule has 0 heterocycles. The first kappa shape index (κ1) is 27.6. The molecular formula is C31H43F3O. The van der Waals surface area contributed by atoms with Crippen LogP contribution in [-0.4, -0.2) is 0 Å². The first-order valence-electron chi connectivity index (χ1n) is 13.9. The van der Waals surface area contributed by atoms with E-state index < -0.39 is 17.5 Å². The molecule has 0 radical (unpaired) electrons. The van der Waals surface area contributed by atoms with Crippen LogP contribution in [0.15, 0.2) is 36.4 Å². The van der Waals surface area contributed by atoms with Gasteiger partial charge in [-0.15, -0.1) is 0 Å². The van der Waals surface area contributed by atoms with Crippen LogP contribution in [0.2, 0.25) is 0 Å². The SMILES string of the molecule is CCCCCCCCCCC1CCC(CCc2ccc(COc3cc(F)c(F)c(F)c3)cc2)CC1. The molecule has 0 bridgehead atoms. The van der Waals surface area contributed by atoms with E-state index >= 15 is 0 Å². The second kappa shape index (κ2) is 15.2. The molecule has 2 aromatic carbocycles. The van der Waals surface area contributed by atoms with E-state index in [9.17, 15) is 13.2 Å². The molecule has 0 unspecified atom stereocenters. The highest BCUT2D eigenvalue weighted by atomic mass is 19.2. The molecule has 0 spiro atoms. The van der Waals surface area contributed by atoms with Gasteiger partial charge in [-0.05, 0) is 35.8 Å². The Morgan fingerprint density at radius 3 is 1.80 bits per heavy atom. The molecule has 1 fully saturated rings. The monoisotopic (exact) mass is 488 g/mol. The van der Waals surface area contributed by atoms with Gasteiger partial charge in [-0.25, -0.2) is 13.2 Å². The highest BCUT2D eigenvalue weighted by molar-refractivity contribution is 5.27. The number of unbranched alkanes of at least 4 members (excludes halogenated alkanes) is 7. The Kier molecular flexibility index (Phi) is 12.0. The van der Waals surface area contributed by atoms with Crippen molar-refractivity contribution >= 4 is 0 Å². The molecule has 3 rings (SSSR count). The van der Waals surface area contributed by atoms with Crippen LogP contribution in [-0.2, 0) is 13.0 Å². The van der Waals surface area contributed by atoms with Gasteiger partial charge >= 0.3 is 0 Å². The van der Waals surface area contributed by atoms with Crippen molar-refractivity contribution in [2.75, 3.05) is 0 Å². The van der Waals surface area contributed by atoms with E-state index in [0.717, 1.165) is 36.0 Å². The quantitative estimate of drug-likeness (QED) is 0.179. The van der Waals surface area contributed by atoms with E-state index in [1.807, 2.05) is 12.1 Å². The van der Waals surface area contributed by atoms with Crippen LogP contribution < -0.4 is 4.74 Å². The van der Waals surface area contributed by atoms with Crippen molar-refractivity contribution in [1.82, 2.24) is 0 Å². The molecule has 4 heteroatoms. The Morgan fingerprint density at radius 1 is 0.686 bits per heavy atom. The zero-order valence-corrected chi connectivity index (χ0v) is 21.5. The van der Waals surface area contributed by atoms with Gasteiger partial charge in [0.1, 0.15) is 12.4 Å². The van der Waals surface area contributed by atoms with Crippen molar-refractivity contribution in [3.63, 3.8) is 0 Å². The van der Waals surface area contributed by atoms with Crippen molar-refractivity contribution in [3.8, 4) is 5.75 Å². The number of rotatable bonds is 15. The molecule has 0 aliphatic heterocycles. The largest absolute Gasteiger partial charge is 0.489 e. The average Bonchev–Trinajstić information content (AvgIpc) is 2.87. The molecule has 0 aromatic heterocycles. The van der Waals surface area contributed by atoms with Gasteiger partial charge in [0.15, 0.2) is 17.5 Å². The van der Waals surface area contributed by atoms with E-state index in [1.165, 1.54) is 95.5 Å². The van der Waals surface area contributed by atoms with E-state index in [4.69, 9.17) is 4.74 Å². The van der Waals surface area contributed by atoms with Crippen LogP contribution in [0.25, 0.3) is 0 Å². The van der Waals surface area contributed by atoms with Crippen LogP contribution in [0.5, 0.6) is 5.75 Å². The average molecular weight is 489 g/mol. The fourth-order valence-electron chi connectivity index (χ4n) is 5.33. The summed E-state index contributed by atoms with van der Waals surface area (Å²) in [5.74, 6) is -2.16. The summed E-state index contributed by atoms with van der Waals surface area (Å²) in [6.45, 7) is 2.47. The van der Waals surface area contributed by atoms with E-state index in [2.05, 4.69) is 19.1 Å². The lowest BCUT2D eigenvalue weighted by Crippen LogP contribution is -2.15. The summed E-state index contributed by atoms with van der Waals surface area (Å²) in [6.07, 6.45) is 20.6. The van der Waals surface area contributed by atoms with Gasteiger partial charge in [0.05, 0.1) is 0 Å². The van der Waals surface area contributed by atoms with Gasteiger partial charge < -0.3 is 4.74 Å². The molecule has 1 aliphatic rings. The summed E-state index contributed by atoms with van der Waals surface area (Å²) in [5.41, 5.74) is 2.23. The number of hydrogen-bond donors (Lipinski definition) is 0. The molecule has 194 valence electrons. The van der Waals surface area contributed by atoms with E-state index in [-0.39, 0.29) is 12.4 Å². The second-order valence-electron chi connectivity index (χ2n) is 10.5. The summed E-state index contributed by atoms with van der Waals surface area (Å²) < 4.78 is 45.1. The fourth-order valence-corrected chi connectivity index (χ4v) is 5.33. The maximum absolute atomic E-state index is 13.3. The number of halogens is 3. The minimum atomic E-state index is -1.47. The Labute approximate surface area is 210 Å². The molecule has 35 heavy (non-hydrogen) atoms. The molecule has 1 nitrogen and oxygen atoms in total. The minimum Gasteiger partial charge on any atom is -0.489 e. The highest BCUT2D eigenvalue weighted by Crippen LogP contribution is 2.34. The number of hydrogen-bond acceptors (Lipinski definition) is 1. The Bertz CT molecular complexity index is 833. The predicted octanol–water partition coefficient (Wildman–Crippen LogP) is 9.95. The van der Waals surface area contributed by atoms with Gasteiger partial charge in [-0.1, -0.05) is 115 Å². The first-order valence-corrected chi connectivity index (χ1v) is 13.9. The summed E-state index contributed by atoms with van der Waals surface area (Å²) in [5, 5.41) is 0. The first-order chi connectivity index (χ1) is 17.0. The van der Waals surface area contributed by atoms with Crippen molar-refractivity contribution in [2.24, 2.45) is 11.8 Å². The summed E-state index contributed by atoms with van der Waals surface area (Å²) in [4.78, 5) is 0. The zero-order valence-electron chi connectivity index (χ0n) is 21.5. The van der Waals surface area contributed by atoms with Gasteiger partial charge in [-0.2, -0.15) is 0 Å². The van der Waals surface area contributed by atoms with Crippen molar-refractivity contribution in [1.29, 1.82) is 0 Å². The highest BCUT2D eigenvalue weighted by Gasteiger charge is 2.20. The maximum Gasteiger partial charge on any atom is 0.194 e. The molecular weight excluding hydrogens is 445 g/mol. The second-order valence-corrected chi connectivity index (χ2v) is 10.5. The zero-order chi connectivity index (χ0) is 24.9. The Balaban J connectivity index is 1.27. The van der Waals surface area contributed by atoms with E-state index in [1.54, 1.807) is 0 Å². The van der Waals surface area contributed by atoms with Crippen molar-refractivity contribution in [2.45, 2.75) is 110 Å². The number of ether oxygens (including phenoxy) is 1. The van der Waals surface area contributed by atoms with E-state index in [0.29, 0.717) is 0 Å². The van der Waals surface area contributed by atoms with Crippen LogP contribution >= 0.6 is 0 Å². The van der Waals surface area contributed by atoms with Gasteiger partial charge in [0.2, 0.25) is 0 Å². The third-order valence-electron chi connectivity index (χ3n) is 7.66. The molecule has 1 aliphatic carbocycles. The lowest BCUT2D eigenvalue weighted by molar-refractivity contribution is 0.248. The molecule has 1 saturated carbocycles. The van der Waals surface area contributed by atoms with Gasteiger partial charge in [-0.3, -0.25) is 0 Å². The normalized spacial score (nSPS) is 18.1. The standard InChI is InChI=1S/C31H43F3O/c1-2-3-4-5-6-7-8-9-10-24-11-13-25(14-12-24)15-16-26-17-19-27(20-18-26)23-35-28-21-29(32)31(34)30(33)22-28/h17-22,24-25H,2-16,23H2,1H3. The Morgan fingerprint density at radius 2 is 1.20 bits per heavy atom. The van der Waals surface area contributed by atoms with Gasteiger partial charge in [0, 0.05) is 12.1 Å². The minimum absolute atomic E-state index is 0.0107. The van der Waals surface area contributed by atoms with Crippen molar-refractivity contribution < 1.29 is 17.9 Å². The number of aryl methyl sites for hydroxylation is 1.